The molecule has 0 amide bonds. The lowest BCUT2D eigenvalue weighted by Crippen LogP contribution is -2.31. The van der Waals surface area contributed by atoms with E-state index in [1.54, 1.807) is 29.0 Å². The van der Waals surface area contributed by atoms with Gasteiger partial charge in [0.15, 0.2) is 11.2 Å². The summed E-state index contributed by atoms with van der Waals surface area (Å²) in [6.07, 6.45) is 1.69. The number of imidazole rings is 1. The first-order valence-electron chi connectivity index (χ1n) is 9.72. The van der Waals surface area contributed by atoms with Crippen molar-refractivity contribution in [2.75, 3.05) is 0 Å². The Morgan fingerprint density at radius 2 is 1.93 bits per heavy atom. The van der Waals surface area contributed by atoms with E-state index in [1.807, 2.05) is 26.0 Å². The van der Waals surface area contributed by atoms with Crippen molar-refractivity contribution in [2.24, 2.45) is 7.05 Å². The van der Waals surface area contributed by atoms with Crippen LogP contribution in [0.1, 0.15) is 30.5 Å². The highest BCUT2D eigenvalue weighted by atomic mass is 32.1. The van der Waals surface area contributed by atoms with Gasteiger partial charge in [-0.2, -0.15) is 5.10 Å². The van der Waals surface area contributed by atoms with Crippen molar-refractivity contribution in [3.05, 3.63) is 66.2 Å². The predicted octanol–water partition coefficient (Wildman–Crippen LogP) is 1.87. The SMILES string of the molecule is CCCCn1c(=O)[nH]c(=O)c2c1nc(Cn1nc(-c3ccc(C)s3)ccc1=O)n2C. The van der Waals surface area contributed by atoms with E-state index in [1.165, 1.54) is 15.3 Å². The Kier molecular flexibility index (Phi) is 5.25. The first-order valence-corrected chi connectivity index (χ1v) is 10.5. The predicted molar refractivity (Wildman–Crippen MR) is 116 cm³/mol. The van der Waals surface area contributed by atoms with Crippen LogP contribution in [0.3, 0.4) is 0 Å². The lowest BCUT2D eigenvalue weighted by molar-refractivity contribution is 0.600. The molecule has 0 spiro atoms. The highest BCUT2D eigenvalue weighted by molar-refractivity contribution is 7.15. The summed E-state index contributed by atoms with van der Waals surface area (Å²) in [7, 11) is 1.70. The van der Waals surface area contributed by atoms with Crippen molar-refractivity contribution in [3.8, 4) is 10.6 Å². The minimum Gasteiger partial charge on any atom is -0.324 e. The zero-order valence-electron chi connectivity index (χ0n) is 17.0. The van der Waals surface area contributed by atoms with Crippen LogP contribution in [-0.2, 0) is 20.1 Å². The second-order valence-corrected chi connectivity index (χ2v) is 8.44. The topological polar surface area (TPSA) is 108 Å². The number of aryl methyl sites for hydroxylation is 3. The summed E-state index contributed by atoms with van der Waals surface area (Å²) in [4.78, 5) is 46.1. The van der Waals surface area contributed by atoms with Gasteiger partial charge >= 0.3 is 5.69 Å². The molecule has 0 fully saturated rings. The number of rotatable bonds is 6. The third-order valence-corrected chi connectivity index (χ3v) is 6.01. The summed E-state index contributed by atoms with van der Waals surface area (Å²) in [6, 6.07) is 7.15. The molecule has 0 unspecified atom stereocenters. The van der Waals surface area contributed by atoms with Crippen LogP contribution in [0.2, 0.25) is 0 Å². The molecule has 4 rings (SSSR count). The van der Waals surface area contributed by atoms with Gasteiger partial charge in [-0.05, 0) is 31.5 Å². The van der Waals surface area contributed by atoms with Crippen LogP contribution in [-0.4, -0.2) is 28.9 Å². The number of hydrogen-bond acceptors (Lipinski definition) is 6. The molecule has 0 aliphatic heterocycles. The van der Waals surface area contributed by atoms with E-state index in [2.05, 4.69) is 15.1 Å². The highest BCUT2D eigenvalue weighted by Gasteiger charge is 2.17. The maximum absolute atomic E-state index is 12.4. The van der Waals surface area contributed by atoms with Crippen LogP contribution >= 0.6 is 11.3 Å². The second-order valence-electron chi connectivity index (χ2n) is 7.15. The molecule has 0 saturated carbocycles. The quantitative estimate of drug-likeness (QED) is 0.506. The molecule has 1 N–H and O–H groups in total. The molecule has 0 aliphatic carbocycles. The standard InChI is InChI=1S/C20H22N6O3S/c1-4-5-10-25-18-17(19(28)22-20(25)29)24(3)15(21-18)11-26-16(27)9-7-13(23-26)14-8-6-12(2)30-14/h6-9H,4-5,10-11H2,1-3H3,(H,22,28,29). The van der Waals surface area contributed by atoms with E-state index < -0.39 is 11.2 Å². The molecule has 156 valence electrons. The molecular weight excluding hydrogens is 404 g/mol. The molecule has 0 aliphatic rings. The van der Waals surface area contributed by atoms with Gasteiger partial charge in [0, 0.05) is 24.5 Å². The number of unbranched alkanes of at least 4 members (excludes halogenated alkanes) is 1. The van der Waals surface area contributed by atoms with Crippen molar-refractivity contribution >= 4 is 22.5 Å². The average molecular weight is 427 g/mol. The molecule has 0 bridgehead atoms. The normalized spacial score (nSPS) is 11.4. The van der Waals surface area contributed by atoms with Crippen LogP contribution < -0.4 is 16.8 Å². The molecule has 4 aromatic heterocycles. The third-order valence-electron chi connectivity index (χ3n) is 4.99. The first kappa shape index (κ1) is 20.0. The molecule has 10 heteroatoms. The minimum absolute atomic E-state index is 0.0869. The van der Waals surface area contributed by atoms with Crippen LogP contribution in [0.15, 0.2) is 38.6 Å². The van der Waals surface area contributed by atoms with Crippen molar-refractivity contribution in [1.29, 1.82) is 0 Å². The zero-order chi connectivity index (χ0) is 21.4. The molecule has 0 saturated heterocycles. The van der Waals surface area contributed by atoms with Gasteiger partial charge in [0.2, 0.25) is 0 Å². The Morgan fingerprint density at radius 1 is 1.13 bits per heavy atom. The number of thiophene rings is 1. The van der Waals surface area contributed by atoms with Crippen molar-refractivity contribution in [3.63, 3.8) is 0 Å². The van der Waals surface area contributed by atoms with Crippen molar-refractivity contribution in [1.82, 2.24) is 28.9 Å². The third kappa shape index (κ3) is 3.54. The van der Waals surface area contributed by atoms with E-state index in [-0.39, 0.29) is 12.1 Å². The molecular formula is C20H22N6O3S. The fourth-order valence-electron chi connectivity index (χ4n) is 3.36. The summed E-state index contributed by atoms with van der Waals surface area (Å²) in [5.74, 6) is 0.473. The number of hydrogen-bond donors (Lipinski definition) is 1. The van der Waals surface area contributed by atoms with Gasteiger partial charge in [-0.15, -0.1) is 11.3 Å². The van der Waals surface area contributed by atoms with Gasteiger partial charge in [-0.25, -0.2) is 14.5 Å². The average Bonchev–Trinajstić information content (AvgIpc) is 3.27. The first-order chi connectivity index (χ1) is 14.4. The van der Waals surface area contributed by atoms with E-state index in [4.69, 9.17) is 0 Å². The van der Waals surface area contributed by atoms with E-state index in [0.29, 0.717) is 29.2 Å². The molecule has 0 radical (unpaired) electrons. The Balaban J connectivity index is 1.80. The van der Waals surface area contributed by atoms with Gasteiger partial charge in [0.05, 0.1) is 4.88 Å². The van der Waals surface area contributed by atoms with Gasteiger partial charge in [-0.3, -0.25) is 19.1 Å². The molecule has 30 heavy (non-hydrogen) atoms. The number of fused-ring (bicyclic) bond motifs is 1. The Hall–Kier alpha value is -3.27. The highest BCUT2D eigenvalue weighted by Crippen LogP contribution is 2.25. The summed E-state index contributed by atoms with van der Waals surface area (Å²) >= 11 is 1.60. The molecule has 0 aromatic carbocycles. The van der Waals surface area contributed by atoms with Crippen LogP contribution in [0, 0.1) is 6.92 Å². The smallest absolute Gasteiger partial charge is 0.324 e. The molecule has 0 atom stereocenters. The van der Waals surface area contributed by atoms with Gasteiger partial charge in [0.25, 0.3) is 11.1 Å². The Morgan fingerprint density at radius 3 is 2.63 bits per heavy atom. The van der Waals surface area contributed by atoms with Gasteiger partial charge in [0.1, 0.15) is 18.1 Å². The number of aromatic amines is 1. The lowest BCUT2D eigenvalue weighted by atomic mass is 10.3. The number of H-pyrrole nitrogens is 1. The second kappa shape index (κ2) is 7.86. The molecule has 4 heterocycles. The lowest BCUT2D eigenvalue weighted by Gasteiger charge is -2.06. The van der Waals surface area contributed by atoms with E-state index in [0.717, 1.165) is 22.6 Å². The Labute approximate surface area is 175 Å². The van der Waals surface area contributed by atoms with E-state index in [9.17, 15) is 14.4 Å². The number of nitrogens with one attached hydrogen (secondary N) is 1. The summed E-state index contributed by atoms with van der Waals surface area (Å²) in [6.45, 7) is 4.59. The summed E-state index contributed by atoms with van der Waals surface area (Å²) < 4.78 is 4.42. The number of nitrogens with zero attached hydrogens (tertiary/aromatic N) is 5. The summed E-state index contributed by atoms with van der Waals surface area (Å²) in [5.41, 5.74) is 0.0928. The van der Waals surface area contributed by atoms with Crippen LogP contribution in [0.25, 0.3) is 21.7 Å². The maximum Gasteiger partial charge on any atom is 0.330 e. The molecule has 4 aromatic rings. The number of aromatic nitrogens is 6. The van der Waals surface area contributed by atoms with Crippen LogP contribution in [0.4, 0.5) is 0 Å². The van der Waals surface area contributed by atoms with Gasteiger partial charge < -0.3 is 4.57 Å². The van der Waals surface area contributed by atoms with Crippen molar-refractivity contribution in [2.45, 2.75) is 39.8 Å². The largest absolute Gasteiger partial charge is 0.330 e. The van der Waals surface area contributed by atoms with Gasteiger partial charge in [-0.1, -0.05) is 13.3 Å². The minimum atomic E-state index is -0.493. The summed E-state index contributed by atoms with van der Waals surface area (Å²) in [5, 5.41) is 4.48. The fraction of sp³-hybridized carbons (Fsp3) is 0.350. The van der Waals surface area contributed by atoms with Crippen LogP contribution in [0.5, 0.6) is 0 Å². The Bertz CT molecular complexity index is 1400. The van der Waals surface area contributed by atoms with E-state index >= 15 is 0 Å². The maximum atomic E-state index is 12.4. The van der Waals surface area contributed by atoms with Crippen molar-refractivity contribution < 1.29 is 0 Å². The zero-order valence-corrected chi connectivity index (χ0v) is 17.8. The molecule has 9 nitrogen and oxygen atoms in total. The monoisotopic (exact) mass is 426 g/mol. The fourth-order valence-corrected chi connectivity index (χ4v) is 4.19.